The van der Waals surface area contributed by atoms with Gasteiger partial charge in [-0.15, -0.1) is 5.10 Å². The molecule has 0 radical (unpaired) electrons. The molecule has 0 spiro atoms. The quantitative estimate of drug-likeness (QED) is 0.584. The molecule has 1 amide bonds. The molecule has 0 aliphatic heterocycles. The molecule has 0 fully saturated rings. The Morgan fingerprint density at radius 3 is 2.59 bits per heavy atom. The highest BCUT2D eigenvalue weighted by atomic mass is 35.5. The van der Waals surface area contributed by atoms with E-state index >= 15 is 0 Å². The highest BCUT2D eigenvalue weighted by Crippen LogP contribution is 2.37. The average molecular weight is 444 g/mol. The maximum absolute atomic E-state index is 13.2. The molecule has 29 heavy (non-hydrogen) atoms. The summed E-state index contributed by atoms with van der Waals surface area (Å²) in [6, 6.07) is 3.19. The number of aryl methyl sites for hydroxylation is 2. The molecule has 0 saturated carbocycles. The summed E-state index contributed by atoms with van der Waals surface area (Å²) in [5.74, 6) is -0.212. The molecular weight excluding hydrogens is 427 g/mol. The van der Waals surface area contributed by atoms with E-state index in [4.69, 9.17) is 11.6 Å². The summed E-state index contributed by atoms with van der Waals surface area (Å²) in [6.45, 7) is 7.23. The molecule has 2 aromatic heterocycles. The van der Waals surface area contributed by atoms with Crippen LogP contribution in [0.4, 0.5) is 18.9 Å². The zero-order chi connectivity index (χ0) is 21.5. The predicted molar refractivity (Wildman–Crippen MR) is 105 cm³/mol. The van der Waals surface area contributed by atoms with Crippen molar-refractivity contribution >= 4 is 40.7 Å². The fourth-order valence-electron chi connectivity index (χ4n) is 2.59. The van der Waals surface area contributed by atoms with E-state index in [1.165, 1.54) is 6.07 Å². The summed E-state index contributed by atoms with van der Waals surface area (Å²) >= 11 is 6.69. The molecule has 0 bridgehead atoms. The van der Waals surface area contributed by atoms with Gasteiger partial charge in [-0.1, -0.05) is 23.4 Å². The van der Waals surface area contributed by atoms with Gasteiger partial charge in [0.2, 0.25) is 11.1 Å². The Labute approximate surface area is 173 Å². The van der Waals surface area contributed by atoms with Crippen LogP contribution in [0.1, 0.15) is 29.4 Å². The second-order valence-electron chi connectivity index (χ2n) is 6.45. The number of fused-ring (bicyclic) bond motifs is 1. The first-order valence-electron chi connectivity index (χ1n) is 8.52. The molecule has 0 aliphatic rings. The second-order valence-corrected chi connectivity index (χ2v) is 8.20. The van der Waals surface area contributed by atoms with E-state index in [2.05, 4.69) is 20.4 Å². The number of nitrogens with zero attached hydrogens (tertiary/aromatic N) is 4. The van der Waals surface area contributed by atoms with Gasteiger partial charge in [-0.25, -0.2) is 9.50 Å². The number of anilines is 1. The highest BCUT2D eigenvalue weighted by molar-refractivity contribution is 8.00. The largest absolute Gasteiger partial charge is 0.418 e. The summed E-state index contributed by atoms with van der Waals surface area (Å²) in [5.41, 5.74) is 1.32. The minimum atomic E-state index is -4.65. The van der Waals surface area contributed by atoms with Gasteiger partial charge in [0, 0.05) is 16.4 Å². The monoisotopic (exact) mass is 443 g/mol. The van der Waals surface area contributed by atoms with Crippen LogP contribution < -0.4 is 5.32 Å². The van der Waals surface area contributed by atoms with Gasteiger partial charge < -0.3 is 5.32 Å². The smallest absolute Gasteiger partial charge is 0.325 e. The third-order valence-corrected chi connectivity index (χ3v) is 5.62. The van der Waals surface area contributed by atoms with Crippen LogP contribution in [0.25, 0.3) is 5.78 Å². The van der Waals surface area contributed by atoms with E-state index in [0.29, 0.717) is 10.9 Å². The predicted octanol–water partition coefficient (Wildman–Crippen LogP) is 4.84. The van der Waals surface area contributed by atoms with E-state index in [-0.39, 0.29) is 10.7 Å². The molecule has 11 heteroatoms. The maximum atomic E-state index is 13.2. The Morgan fingerprint density at radius 2 is 1.93 bits per heavy atom. The summed E-state index contributed by atoms with van der Waals surface area (Å²) in [6.07, 6.45) is -4.65. The van der Waals surface area contributed by atoms with Crippen LogP contribution in [-0.2, 0) is 11.0 Å². The molecule has 0 aliphatic carbocycles. The summed E-state index contributed by atoms with van der Waals surface area (Å²) in [7, 11) is 0. The van der Waals surface area contributed by atoms with Gasteiger partial charge in [-0.05, 0) is 51.5 Å². The van der Waals surface area contributed by atoms with E-state index in [1.54, 1.807) is 11.4 Å². The number of amides is 1. The highest BCUT2D eigenvalue weighted by Gasteiger charge is 2.34. The Hall–Kier alpha value is -2.33. The molecule has 1 atom stereocenters. The number of carbonyl (C=O) groups excluding carboxylic acids is 1. The molecule has 6 nitrogen and oxygen atoms in total. The first-order valence-corrected chi connectivity index (χ1v) is 9.78. The summed E-state index contributed by atoms with van der Waals surface area (Å²) < 4.78 is 41.2. The number of rotatable bonds is 4. The van der Waals surface area contributed by atoms with Gasteiger partial charge in [-0.3, -0.25) is 4.79 Å². The Kier molecular flexibility index (Phi) is 5.77. The van der Waals surface area contributed by atoms with Gasteiger partial charge >= 0.3 is 6.18 Å². The van der Waals surface area contributed by atoms with E-state index < -0.39 is 22.9 Å². The fourth-order valence-corrected chi connectivity index (χ4v) is 3.51. The van der Waals surface area contributed by atoms with Gasteiger partial charge in [-0.2, -0.15) is 18.2 Å². The Bertz CT molecular complexity index is 1100. The summed E-state index contributed by atoms with van der Waals surface area (Å²) in [4.78, 5) is 21.1. The zero-order valence-corrected chi connectivity index (χ0v) is 17.5. The zero-order valence-electron chi connectivity index (χ0n) is 15.9. The van der Waals surface area contributed by atoms with Crippen molar-refractivity contribution in [3.8, 4) is 0 Å². The Morgan fingerprint density at radius 1 is 1.24 bits per heavy atom. The third-order valence-electron chi connectivity index (χ3n) is 4.44. The van der Waals surface area contributed by atoms with Crippen molar-refractivity contribution in [2.45, 2.75) is 44.3 Å². The molecular formula is C18H17ClF3N5OS. The average Bonchev–Trinajstić information content (AvgIpc) is 3.02. The fraction of sp³-hybridized carbons (Fsp3) is 0.333. The van der Waals surface area contributed by atoms with Crippen LogP contribution in [0.2, 0.25) is 5.02 Å². The topological polar surface area (TPSA) is 72.2 Å². The van der Waals surface area contributed by atoms with Crippen molar-refractivity contribution in [2.75, 3.05) is 5.32 Å². The van der Waals surface area contributed by atoms with E-state index in [9.17, 15) is 18.0 Å². The van der Waals surface area contributed by atoms with Crippen molar-refractivity contribution < 1.29 is 18.0 Å². The molecule has 1 N–H and O–H groups in total. The van der Waals surface area contributed by atoms with Crippen LogP contribution in [0.3, 0.4) is 0 Å². The minimum absolute atomic E-state index is 0.0693. The summed E-state index contributed by atoms with van der Waals surface area (Å²) in [5, 5.41) is 6.14. The van der Waals surface area contributed by atoms with Crippen LogP contribution >= 0.6 is 23.4 Å². The van der Waals surface area contributed by atoms with Crippen LogP contribution in [0, 0.1) is 20.8 Å². The van der Waals surface area contributed by atoms with Gasteiger partial charge in [0.05, 0.1) is 16.5 Å². The van der Waals surface area contributed by atoms with E-state index in [1.807, 2.05) is 20.8 Å². The van der Waals surface area contributed by atoms with Crippen molar-refractivity contribution in [2.24, 2.45) is 0 Å². The number of hydrogen-bond donors (Lipinski definition) is 1. The lowest BCUT2D eigenvalue weighted by Crippen LogP contribution is -2.24. The number of halogens is 4. The number of benzene rings is 1. The minimum Gasteiger partial charge on any atom is -0.325 e. The van der Waals surface area contributed by atoms with E-state index in [0.717, 1.165) is 40.8 Å². The van der Waals surface area contributed by atoms with Crippen LogP contribution in [-0.4, -0.2) is 30.7 Å². The van der Waals surface area contributed by atoms with Gasteiger partial charge in [0.25, 0.3) is 5.78 Å². The van der Waals surface area contributed by atoms with Gasteiger partial charge in [0.1, 0.15) is 0 Å². The standard InChI is InChI=1S/C18H17ClF3N5OS/c1-8-9(2)23-16-25-17(26-27(16)10(8)3)29-11(4)15(28)24-14-6-5-12(19)7-13(14)18(20,21)22/h5-7,11H,1-4H3,(H,24,28). The van der Waals surface area contributed by atoms with Gasteiger partial charge in [0.15, 0.2) is 0 Å². The lowest BCUT2D eigenvalue weighted by atomic mass is 10.1. The lowest BCUT2D eigenvalue weighted by Gasteiger charge is -2.16. The number of nitrogens with one attached hydrogen (secondary N) is 1. The second kappa shape index (κ2) is 7.83. The molecule has 1 aromatic carbocycles. The SMILES string of the molecule is Cc1nc2nc(SC(C)C(=O)Nc3ccc(Cl)cc3C(F)(F)F)nn2c(C)c1C. The molecule has 2 heterocycles. The molecule has 1 unspecified atom stereocenters. The maximum Gasteiger partial charge on any atom is 0.418 e. The number of hydrogen-bond acceptors (Lipinski definition) is 5. The number of carbonyl (C=O) groups is 1. The first kappa shape index (κ1) is 21.4. The molecule has 3 aromatic rings. The molecule has 0 saturated heterocycles. The van der Waals surface area contributed by atoms with Crippen LogP contribution in [0.15, 0.2) is 23.4 Å². The first-order chi connectivity index (χ1) is 13.5. The lowest BCUT2D eigenvalue weighted by molar-refractivity contribution is -0.137. The van der Waals surface area contributed by atoms with Crippen molar-refractivity contribution in [1.29, 1.82) is 0 Å². The third kappa shape index (κ3) is 4.48. The van der Waals surface area contributed by atoms with Crippen molar-refractivity contribution in [1.82, 2.24) is 19.6 Å². The Balaban J connectivity index is 1.80. The number of thioether (sulfide) groups is 1. The normalized spacial score (nSPS) is 13.0. The van der Waals surface area contributed by atoms with Crippen molar-refractivity contribution in [3.05, 3.63) is 45.7 Å². The number of aromatic nitrogens is 4. The molecule has 3 rings (SSSR count). The molecule has 154 valence electrons. The van der Waals surface area contributed by atoms with Crippen molar-refractivity contribution in [3.63, 3.8) is 0 Å². The number of alkyl halides is 3. The van der Waals surface area contributed by atoms with Crippen LogP contribution in [0.5, 0.6) is 0 Å².